The van der Waals surface area contributed by atoms with Gasteiger partial charge in [-0.15, -0.1) is 10.2 Å². The number of hydrogen-bond acceptors (Lipinski definition) is 10. The van der Waals surface area contributed by atoms with Crippen LogP contribution in [0.4, 0.5) is 23.0 Å². The van der Waals surface area contributed by atoms with Crippen LogP contribution in [0, 0.1) is 27.2 Å². The molecule has 0 amide bonds. The van der Waals surface area contributed by atoms with Gasteiger partial charge in [0, 0.05) is 51.4 Å². The topological polar surface area (TPSA) is 156 Å². The molecule has 2 heterocycles. The third-order valence-corrected chi connectivity index (χ3v) is 7.52. The van der Waals surface area contributed by atoms with Gasteiger partial charge in [-0.25, -0.2) is 8.42 Å². The largest absolute Gasteiger partial charge is 0.356 e. The molecule has 0 aliphatic carbocycles. The van der Waals surface area contributed by atoms with Crippen LogP contribution >= 0.6 is 0 Å². The summed E-state index contributed by atoms with van der Waals surface area (Å²) in [4.78, 5) is 24.5. The molecular weight excluding hydrogens is 454 g/mol. The highest BCUT2D eigenvalue weighted by Crippen LogP contribution is 2.33. The van der Waals surface area contributed by atoms with Crippen LogP contribution in [0.5, 0.6) is 0 Å². The Hall–Kier alpha value is -3.39. The second-order valence-electron chi connectivity index (χ2n) is 7.41. The molecule has 14 heteroatoms. The lowest BCUT2D eigenvalue weighted by atomic mass is 10.1. The monoisotopic (exact) mass is 479 g/mol. The third-order valence-electron chi connectivity index (χ3n) is 5.64. The number of sulfonamides is 1. The van der Waals surface area contributed by atoms with E-state index in [1.165, 1.54) is 11.2 Å². The quantitative estimate of drug-likeness (QED) is 0.405. The molecule has 1 saturated heterocycles. The van der Waals surface area contributed by atoms with Crippen LogP contribution in [-0.2, 0) is 10.0 Å². The van der Waals surface area contributed by atoms with Crippen molar-refractivity contribution in [3.63, 3.8) is 0 Å². The van der Waals surface area contributed by atoms with Gasteiger partial charge in [0.2, 0.25) is 10.0 Å². The fourth-order valence-electron chi connectivity index (χ4n) is 3.70. The first-order valence-corrected chi connectivity index (χ1v) is 11.8. The number of aromatic nitrogens is 2. The highest BCUT2D eigenvalue weighted by atomic mass is 32.2. The molecule has 2 aromatic rings. The zero-order valence-corrected chi connectivity index (χ0v) is 19.4. The second-order valence-corrected chi connectivity index (χ2v) is 9.35. The zero-order chi connectivity index (χ0) is 24.3. The van der Waals surface area contributed by atoms with Gasteiger partial charge in [0.1, 0.15) is 5.56 Å². The number of nitrogens with zero attached hydrogens (tertiary/aromatic N) is 7. The summed E-state index contributed by atoms with van der Waals surface area (Å²) in [6.45, 7) is 7.72. The van der Waals surface area contributed by atoms with Crippen molar-refractivity contribution in [3.05, 3.63) is 50.1 Å². The summed E-state index contributed by atoms with van der Waals surface area (Å²) in [5.41, 5.74) is -1.41. The zero-order valence-electron chi connectivity index (χ0n) is 18.5. The lowest BCUT2D eigenvalue weighted by molar-refractivity contribution is -0.395. The average molecular weight is 480 g/mol. The molecule has 0 bridgehead atoms. The van der Waals surface area contributed by atoms with Gasteiger partial charge in [-0.1, -0.05) is 0 Å². The molecule has 0 N–H and O–H groups in total. The highest BCUT2D eigenvalue weighted by Gasteiger charge is 2.33. The van der Waals surface area contributed by atoms with Gasteiger partial charge in [-0.05, 0) is 32.9 Å². The number of anilines is 2. The van der Waals surface area contributed by atoms with Crippen molar-refractivity contribution < 1.29 is 18.3 Å². The molecule has 0 spiro atoms. The summed E-state index contributed by atoms with van der Waals surface area (Å²) in [5, 5.41) is 31.1. The fraction of sp³-hybridized carbons (Fsp3) is 0.474. The van der Waals surface area contributed by atoms with E-state index < -0.39 is 36.1 Å². The summed E-state index contributed by atoms with van der Waals surface area (Å²) in [7, 11) is -4.17. The Labute approximate surface area is 191 Å². The lowest BCUT2D eigenvalue weighted by Crippen LogP contribution is -2.49. The van der Waals surface area contributed by atoms with E-state index in [0.717, 1.165) is 31.0 Å². The summed E-state index contributed by atoms with van der Waals surface area (Å²) < 4.78 is 27.4. The first-order valence-electron chi connectivity index (χ1n) is 10.4. The van der Waals surface area contributed by atoms with Crippen molar-refractivity contribution in [2.24, 2.45) is 0 Å². The maximum absolute atomic E-state index is 13.1. The fourth-order valence-corrected chi connectivity index (χ4v) is 5.16. The molecule has 1 aromatic heterocycles. The van der Waals surface area contributed by atoms with Crippen LogP contribution in [0.1, 0.15) is 19.4 Å². The van der Waals surface area contributed by atoms with E-state index in [0.29, 0.717) is 18.9 Å². The molecule has 1 aromatic carbocycles. The predicted molar refractivity (Wildman–Crippen MR) is 121 cm³/mol. The minimum atomic E-state index is -4.17. The maximum Gasteiger partial charge on any atom is 0.280 e. The van der Waals surface area contributed by atoms with Crippen LogP contribution in [0.3, 0.4) is 0 Å². The maximum atomic E-state index is 13.1. The van der Waals surface area contributed by atoms with Crippen LogP contribution in [0.15, 0.2) is 29.2 Å². The Morgan fingerprint density at radius 3 is 1.94 bits per heavy atom. The number of hydrogen-bond donors (Lipinski definition) is 0. The predicted octanol–water partition coefficient (Wildman–Crippen LogP) is 1.96. The lowest BCUT2D eigenvalue weighted by Gasteiger charge is -2.34. The molecule has 33 heavy (non-hydrogen) atoms. The summed E-state index contributed by atoms with van der Waals surface area (Å²) in [6.07, 6.45) is 0. The summed E-state index contributed by atoms with van der Waals surface area (Å²) in [5.74, 6) is 1.37. The van der Waals surface area contributed by atoms with E-state index in [9.17, 15) is 28.6 Å². The first-order chi connectivity index (χ1) is 15.6. The molecule has 0 atom stereocenters. The van der Waals surface area contributed by atoms with Gasteiger partial charge in [-0.2, -0.15) is 4.31 Å². The summed E-state index contributed by atoms with van der Waals surface area (Å²) >= 11 is 0. The van der Waals surface area contributed by atoms with Crippen LogP contribution in [-0.4, -0.2) is 72.0 Å². The molecule has 0 radical (unpaired) electrons. The second kappa shape index (κ2) is 9.62. The van der Waals surface area contributed by atoms with Crippen molar-refractivity contribution in [2.75, 3.05) is 49.1 Å². The Morgan fingerprint density at radius 2 is 1.52 bits per heavy atom. The Bertz CT molecular complexity index is 1110. The Balaban J connectivity index is 1.79. The third kappa shape index (κ3) is 4.85. The van der Waals surface area contributed by atoms with Gasteiger partial charge >= 0.3 is 0 Å². The van der Waals surface area contributed by atoms with E-state index in [1.807, 2.05) is 30.9 Å². The number of rotatable bonds is 8. The molecule has 13 nitrogen and oxygen atoms in total. The van der Waals surface area contributed by atoms with E-state index in [2.05, 4.69) is 15.1 Å². The van der Waals surface area contributed by atoms with Crippen molar-refractivity contribution in [1.29, 1.82) is 0 Å². The molecule has 1 aliphatic rings. The number of piperazine rings is 1. The van der Waals surface area contributed by atoms with Crippen molar-refractivity contribution >= 4 is 33.0 Å². The number of nitro benzene ring substituents is 2. The Kier molecular flexibility index (Phi) is 7.07. The van der Waals surface area contributed by atoms with Crippen LogP contribution in [0.25, 0.3) is 0 Å². The molecular formula is C19H25N7O6S. The van der Waals surface area contributed by atoms with Crippen molar-refractivity contribution in [3.8, 4) is 0 Å². The molecule has 3 rings (SSSR count). The normalized spacial score (nSPS) is 14.8. The number of nitro groups is 2. The van der Waals surface area contributed by atoms with E-state index in [-0.39, 0.29) is 18.7 Å². The minimum Gasteiger partial charge on any atom is -0.356 e. The van der Waals surface area contributed by atoms with Crippen molar-refractivity contribution in [2.45, 2.75) is 25.7 Å². The molecule has 1 aliphatic heterocycles. The minimum absolute atomic E-state index is 0.0945. The first kappa shape index (κ1) is 24.3. The molecule has 0 unspecified atom stereocenters. The average Bonchev–Trinajstić information content (AvgIpc) is 2.80. The van der Waals surface area contributed by atoms with Gasteiger partial charge in [0.25, 0.3) is 11.4 Å². The van der Waals surface area contributed by atoms with Gasteiger partial charge in [-0.3, -0.25) is 20.2 Å². The van der Waals surface area contributed by atoms with Crippen molar-refractivity contribution in [1.82, 2.24) is 14.5 Å². The van der Waals surface area contributed by atoms with Gasteiger partial charge < -0.3 is 9.80 Å². The summed E-state index contributed by atoms with van der Waals surface area (Å²) in [6, 6.07) is 5.45. The van der Waals surface area contributed by atoms with E-state index >= 15 is 0 Å². The standard InChI is InChI=1S/C19H25N7O6S/c1-4-22(5-2)18-6-7-19(21-20-18)23-8-10-24(11-9-23)33(31,32)15-12-16(25(27)28)14(3)17(13-15)26(29)30/h6-7,12-13H,4-5,8-11H2,1-3H3. The van der Waals surface area contributed by atoms with Crippen LogP contribution < -0.4 is 9.80 Å². The van der Waals surface area contributed by atoms with E-state index in [1.54, 1.807) is 0 Å². The van der Waals surface area contributed by atoms with Crippen LogP contribution in [0.2, 0.25) is 0 Å². The van der Waals surface area contributed by atoms with Gasteiger partial charge in [0.05, 0.1) is 14.7 Å². The van der Waals surface area contributed by atoms with Gasteiger partial charge in [0.15, 0.2) is 11.6 Å². The smallest absolute Gasteiger partial charge is 0.280 e. The highest BCUT2D eigenvalue weighted by molar-refractivity contribution is 7.89. The van der Waals surface area contributed by atoms with E-state index in [4.69, 9.17) is 0 Å². The Morgan fingerprint density at radius 1 is 0.970 bits per heavy atom. The molecule has 178 valence electrons. The molecule has 0 saturated carbocycles. The molecule has 1 fully saturated rings. The number of benzene rings is 1. The SMILES string of the molecule is CCN(CC)c1ccc(N2CCN(S(=O)(=O)c3cc([N+](=O)[O-])c(C)c([N+](=O)[O-])c3)CC2)nn1.